The van der Waals surface area contributed by atoms with Crippen LogP contribution in [-0.4, -0.2) is 41.5 Å². The Morgan fingerprint density at radius 1 is 0.897 bits per heavy atom. The van der Waals surface area contributed by atoms with Gasteiger partial charge in [0.2, 0.25) is 0 Å². The Morgan fingerprint density at radius 2 is 1.59 bits per heavy atom. The predicted molar refractivity (Wildman–Crippen MR) is 106 cm³/mol. The van der Waals surface area contributed by atoms with Crippen LogP contribution in [0.4, 0.5) is 5.69 Å². The van der Waals surface area contributed by atoms with Crippen LogP contribution in [0, 0.1) is 13.8 Å². The molecule has 0 saturated carbocycles. The molecular weight excluding hydrogens is 374 g/mol. The highest BCUT2D eigenvalue weighted by Gasteiger charge is 2.13. The third kappa shape index (κ3) is 4.73. The molecule has 0 radical (unpaired) electrons. The number of aromatic nitrogens is 2. The second-order valence-electron chi connectivity index (χ2n) is 6.29. The van der Waals surface area contributed by atoms with Crippen LogP contribution in [0.15, 0.2) is 42.5 Å². The average molecular weight is 393 g/mol. The summed E-state index contributed by atoms with van der Waals surface area (Å²) in [5, 5.41) is 2.57. The molecule has 2 aromatic carbocycles. The molecule has 0 aliphatic rings. The second kappa shape index (κ2) is 8.47. The molecule has 0 saturated heterocycles. The van der Waals surface area contributed by atoms with Crippen LogP contribution >= 0.6 is 0 Å². The number of aryl methyl sites for hydroxylation is 2. The Kier molecular flexibility index (Phi) is 5.82. The van der Waals surface area contributed by atoms with E-state index in [-0.39, 0.29) is 5.56 Å². The number of carbonyl (C=O) groups is 3. The topological polar surface area (TPSA) is 107 Å². The summed E-state index contributed by atoms with van der Waals surface area (Å²) in [6.07, 6.45) is 0. The molecule has 1 aromatic heterocycles. The van der Waals surface area contributed by atoms with Crippen molar-refractivity contribution in [1.29, 1.82) is 0 Å². The van der Waals surface area contributed by atoms with E-state index in [2.05, 4.69) is 20.0 Å². The highest BCUT2D eigenvalue weighted by molar-refractivity contribution is 5.98. The summed E-state index contributed by atoms with van der Waals surface area (Å²) in [6, 6.07) is 11.1. The number of hydrogen-bond acceptors (Lipinski definition) is 7. The number of ether oxygens (including phenoxy) is 2. The van der Waals surface area contributed by atoms with Gasteiger partial charge in [0.1, 0.15) is 0 Å². The molecule has 0 unspecified atom stereocenters. The Bertz CT molecular complexity index is 1110. The van der Waals surface area contributed by atoms with Gasteiger partial charge in [-0.25, -0.2) is 19.6 Å². The second-order valence-corrected chi connectivity index (χ2v) is 6.29. The molecule has 8 heteroatoms. The zero-order valence-electron chi connectivity index (χ0n) is 16.2. The fraction of sp³-hybridized carbons (Fsp3) is 0.190. The molecule has 0 aliphatic carbocycles. The van der Waals surface area contributed by atoms with Crippen molar-refractivity contribution in [2.24, 2.45) is 0 Å². The lowest BCUT2D eigenvalue weighted by Crippen LogP contribution is -2.21. The summed E-state index contributed by atoms with van der Waals surface area (Å²) in [4.78, 5) is 44.7. The van der Waals surface area contributed by atoms with E-state index in [0.29, 0.717) is 22.3 Å². The van der Waals surface area contributed by atoms with Crippen LogP contribution in [-0.2, 0) is 14.3 Å². The number of hydrogen-bond donors (Lipinski definition) is 1. The van der Waals surface area contributed by atoms with Gasteiger partial charge in [0.25, 0.3) is 5.91 Å². The van der Waals surface area contributed by atoms with Gasteiger partial charge in [0.15, 0.2) is 6.61 Å². The van der Waals surface area contributed by atoms with Gasteiger partial charge in [-0.3, -0.25) is 4.79 Å². The molecule has 0 spiro atoms. The number of amides is 1. The summed E-state index contributed by atoms with van der Waals surface area (Å²) in [7, 11) is 1.27. The number of nitrogens with one attached hydrogen (secondary N) is 1. The van der Waals surface area contributed by atoms with E-state index in [1.54, 1.807) is 36.4 Å². The number of methoxy groups -OCH3 is 1. The Morgan fingerprint density at radius 3 is 2.31 bits per heavy atom. The molecule has 0 bridgehead atoms. The van der Waals surface area contributed by atoms with Crippen LogP contribution in [0.25, 0.3) is 11.0 Å². The molecule has 3 rings (SSSR count). The van der Waals surface area contributed by atoms with Gasteiger partial charge >= 0.3 is 11.9 Å². The van der Waals surface area contributed by atoms with Gasteiger partial charge in [-0.1, -0.05) is 6.07 Å². The van der Waals surface area contributed by atoms with E-state index >= 15 is 0 Å². The molecule has 148 valence electrons. The van der Waals surface area contributed by atoms with Crippen LogP contribution in [0.5, 0.6) is 0 Å². The molecule has 3 aromatic rings. The van der Waals surface area contributed by atoms with E-state index in [4.69, 9.17) is 4.74 Å². The first-order valence-electron chi connectivity index (χ1n) is 8.77. The Labute approximate surface area is 166 Å². The van der Waals surface area contributed by atoms with E-state index in [0.717, 1.165) is 11.4 Å². The van der Waals surface area contributed by atoms with Crippen molar-refractivity contribution in [3.8, 4) is 0 Å². The Balaban J connectivity index is 1.63. The number of rotatable bonds is 5. The van der Waals surface area contributed by atoms with Crippen LogP contribution in [0.2, 0.25) is 0 Å². The fourth-order valence-electron chi connectivity index (χ4n) is 2.61. The maximum absolute atomic E-state index is 12.3. The highest BCUT2D eigenvalue weighted by Crippen LogP contribution is 2.15. The number of fused-ring (bicyclic) bond motifs is 1. The third-order valence-corrected chi connectivity index (χ3v) is 4.21. The first-order chi connectivity index (χ1) is 13.9. The largest absolute Gasteiger partial charge is 0.465 e. The minimum Gasteiger partial charge on any atom is -0.465 e. The normalized spacial score (nSPS) is 10.4. The summed E-state index contributed by atoms with van der Waals surface area (Å²) in [5.74, 6) is -1.70. The van der Waals surface area contributed by atoms with Crippen LogP contribution in [0.1, 0.15) is 32.1 Å². The lowest BCUT2D eigenvalue weighted by atomic mass is 10.2. The van der Waals surface area contributed by atoms with Gasteiger partial charge in [0.05, 0.1) is 40.7 Å². The van der Waals surface area contributed by atoms with Gasteiger partial charge in [-0.2, -0.15) is 0 Å². The van der Waals surface area contributed by atoms with Crippen molar-refractivity contribution in [3.63, 3.8) is 0 Å². The third-order valence-electron chi connectivity index (χ3n) is 4.21. The monoisotopic (exact) mass is 393 g/mol. The Hall–Kier alpha value is -3.81. The first-order valence-corrected chi connectivity index (χ1v) is 8.77. The van der Waals surface area contributed by atoms with E-state index in [1.165, 1.54) is 13.2 Å². The molecule has 1 heterocycles. The molecule has 0 fully saturated rings. The number of nitrogens with zero attached hydrogens (tertiary/aromatic N) is 2. The van der Waals surface area contributed by atoms with Crippen molar-refractivity contribution < 1.29 is 23.9 Å². The standard InChI is InChI=1S/C21H19N3O5/c1-12-13(2)23-18-10-15(7-8-17(18)22-12)21(27)29-11-19(25)24-16-6-4-5-14(9-16)20(26)28-3/h4-10H,11H2,1-3H3,(H,24,25). The number of benzene rings is 2. The molecular formula is C21H19N3O5. The van der Waals surface area contributed by atoms with Crippen molar-refractivity contribution in [1.82, 2.24) is 9.97 Å². The maximum Gasteiger partial charge on any atom is 0.338 e. The molecule has 0 atom stereocenters. The minimum absolute atomic E-state index is 0.274. The van der Waals surface area contributed by atoms with E-state index < -0.39 is 24.5 Å². The zero-order valence-corrected chi connectivity index (χ0v) is 16.2. The summed E-state index contributed by atoms with van der Waals surface area (Å²) in [6.45, 7) is 3.23. The average Bonchev–Trinajstić information content (AvgIpc) is 2.72. The van der Waals surface area contributed by atoms with Gasteiger partial charge < -0.3 is 14.8 Å². The van der Waals surface area contributed by atoms with Gasteiger partial charge in [0, 0.05) is 5.69 Å². The molecule has 1 N–H and O–H groups in total. The van der Waals surface area contributed by atoms with E-state index in [9.17, 15) is 14.4 Å². The fourth-order valence-corrected chi connectivity index (χ4v) is 2.61. The van der Waals surface area contributed by atoms with Crippen molar-refractivity contribution in [2.75, 3.05) is 19.0 Å². The van der Waals surface area contributed by atoms with Crippen molar-refractivity contribution in [3.05, 3.63) is 65.0 Å². The van der Waals surface area contributed by atoms with Gasteiger partial charge in [-0.15, -0.1) is 0 Å². The SMILES string of the molecule is COC(=O)c1cccc(NC(=O)COC(=O)c2ccc3nc(C)c(C)nc3c2)c1. The maximum atomic E-state index is 12.3. The number of anilines is 1. The van der Waals surface area contributed by atoms with E-state index in [1.807, 2.05) is 13.8 Å². The summed E-state index contributed by atoms with van der Waals surface area (Å²) < 4.78 is 9.71. The first kappa shape index (κ1) is 19.9. The van der Waals surface area contributed by atoms with Crippen molar-refractivity contribution in [2.45, 2.75) is 13.8 Å². The predicted octanol–water partition coefficient (Wildman–Crippen LogP) is 2.83. The number of esters is 2. The smallest absolute Gasteiger partial charge is 0.338 e. The lowest BCUT2D eigenvalue weighted by Gasteiger charge is -2.08. The van der Waals surface area contributed by atoms with Crippen LogP contribution in [0.3, 0.4) is 0 Å². The number of carbonyl (C=O) groups excluding carboxylic acids is 3. The minimum atomic E-state index is -0.648. The lowest BCUT2D eigenvalue weighted by molar-refractivity contribution is -0.119. The summed E-state index contributed by atoms with van der Waals surface area (Å²) in [5.41, 5.74) is 3.80. The molecule has 0 aliphatic heterocycles. The quantitative estimate of drug-likeness (QED) is 0.664. The zero-order chi connectivity index (χ0) is 21.0. The molecule has 8 nitrogen and oxygen atoms in total. The molecule has 1 amide bonds. The van der Waals surface area contributed by atoms with Gasteiger partial charge in [-0.05, 0) is 50.2 Å². The summed E-state index contributed by atoms with van der Waals surface area (Å²) >= 11 is 0. The highest BCUT2D eigenvalue weighted by atomic mass is 16.5. The van der Waals surface area contributed by atoms with Crippen LogP contribution < -0.4 is 5.32 Å². The molecule has 29 heavy (non-hydrogen) atoms. The van der Waals surface area contributed by atoms with Crippen molar-refractivity contribution >= 4 is 34.6 Å².